The summed E-state index contributed by atoms with van der Waals surface area (Å²) in [5, 5.41) is 2.98. The topological polar surface area (TPSA) is 84.3 Å². The molecule has 1 unspecified atom stereocenters. The zero-order valence-corrected chi connectivity index (χ0v) is 18.2. The van der Waals surface area contributed by atoms with Crippen molar-refractivity contribution in [1.29, 1.82) is 0 Å². The zero-order valence-electron chi connectivity index (χ0n) is 17.4. The minimum Gasteiger partial charge on any atom is -0.341 e. The summed E-state index contributed by atoms with van der Waals surface area (Å²) < 4.78 is 14.7. The number of halogens is 1. The summed E-state index contributed by atoms with van der Waals surface area (Å²) in [5.41, 5.74) is 0.482. The largest absolute Gasteiger partial charge is 0.341 e. The van der Waals surface area contributed by atoms with Crippen LogP contribution in [0.1, 0.15) is 35.0 Å². The number of nitrogens with one attached hydrogen (secondary N) is 1. The van der Waals surface area contributed by atoms with Crippen LogP contribution in [0.5, 0.6) is 0 Å². The number of carbonyl (C=O) groups is 2. The molecule has 1 aliphatic rings. The van der Waals surface area contributed by atoms with E-state index in [1.807, 2.05) is 0 Å². The Morgan fingerprint density at radius 2 is 2.16 bits per heavy atom. The van der Waals surface area contributed by atoms with Crippen LogP contribution in [0.15, 0.2) is 35.4 Å². The number of anilines is 1. The summed E-state index contributed by atoms with van der Waals surface area (Å²) in [7, 11) is 0. The molecule has 1 aromatic carbocycles. The Labute approximate surface area is 182 Å². The molecule has 7 nitrogen and oxygen atoms in total. The molecule has 0 saturated carbocycles. The number of likely N-dealkylation sites (tertiary alicyclic amines) is 1. The number of piperidine rings is 1. The molecule has 0 aliphatic carbocycles. The Kier molecular flexibility index (Phi) is 5.86. The van der Waals surface area contributed by atoms with Crippen LogP contribution in [0.25, 0.3) is 10.2 Å². The lowest BCUT2D eigenvalue weighted by Gasteiger charge is -2.31. The van der Waals surface area contributed by atoms with Gasteiger partial charge in [-0.1, -0.05) is 13.0 Å². The second-order valence-electron chi connectivity index (χ2n) is 7.97. The quantitative estimate of drug-likeness (QED) is 0.671. The van der Waals surface area contributed by atoms with Crippen LogP contribution in [-0.2, 0) is 11.3 Å². The molecule has 2 aromatic heterocycles. The van der Waals surface area contributed by atoms with Gasteiger partial charge in [-0.15, -0.1) is 11.3 Å². The molecule has 1 saturated heterocycles. The molecular weight excluding hydrogens is 419 g/mol. The third-order valence-corrected chi connectivity index (χ3v) is 6.72. The minimum atomic E-state index is -0.455. The zero-order chi connectivity index (χ0) is 22.1. The smallest absolute Gasteiger partial charge is 0.266 e. The molecule has 0 radical (unpaired) electrons. The molecule has 1 fully saturated rings. The van der Waals surface area contributed by atoms with Gasteiger partial charge in [0.15, 0.2) is 0 Å². The van der Waals surface area contributed by atoms with Gasteiger partial charge in [-0.2, -0.15) is 0 Å². The van der Waals surface area contributed by atoms with Gasteiger partial charge in [-0.25, -0.2) is 9.37 Å². The van der Waals surface area contributed by atoms with Crippen molar-refractivity contribution in [2.45, 2.75) is 33.2 Å². The second kappa shape index (κ2) is 8.58. The van der Waals surface area contributed by atoms with Crippen molar-refractivity contribution in [3.05, 3.63) is 57.2 Å². The Morgan fingerprint density at radius 1 is 1.35 bits per heavy atom. The number of aryl methyl sites for hydroxylation is 1. The fourth-order valence-electron chi connectivity index (χ4n) is 3.90. The Bertz CT molecular complexity index is 1220. The van der Waals surface area contributed by atoms with Crippen LogP contribution in [0, 0.1) is 18.7 Å². The van der Waals surface area contributed by atoms with Crippen LogP contribution in [0.4, 0.5) is 10.1 Å². The predicted molar refractivity (Wildman–Crippen MR) is 118 cm³/mol. The molecule has 1 atom stereocenters. The maximum Gasteiger partial charge on any atom is 0.266 e. The number of amides is 2. The Morgan fingerprint density at radius 3 is 2.90 bits per heavy atom. The van der Waals surface area contributed by atoms with Crippen LogP contribution in [0.2, 0.25) is 0 Å². The average molecular weight is 443 g/mol. The lowest BCUT2D eigenvalue weighted by Crippen LogP contribution is -2.42. The molecule has 1 N–H and O–H groups in total. The van der Waals surface area contributed by atoms with Crippen LogP contribution < -0.4 is 10.9 Å². The van der Waals surface area contributed by atoms with Gasteiger partial charge >= 0.3 is 0 Å². The van der Waals surface area contributed by atoms with Crippen molar-refractivity contribution >= 4 is 39.1 Å². The van der Waals surface area contributed by atoms with Gasteiger partial charge in [-0.3, -0.25) is 19.0 Å². The summed E-state index contributed by atoms with van der Waals surface area (Å²) in [6.07, 6.45) is 3.43. The van der Waals surface area contributed by atoms with E-state index in [0.717, 1.165) is 24.2 Å². The van der Waals surface area contributed by atoms with Crippen molar-refractivity contribution < 1.29 is 14.0 Å². The van der Waals surface area contributed by atoms with Crippen molar-refractivity contribution in [2.24, 2.45) is 5.92 Å². The van der Waals surface area contributed by atoms with Gasteiger partial charge in [0.05, 0.1) is 16.6 Å². The number of thiophene rings is 1. The van der Waals surface area contributed by atoms with Gasteiger partial charge in [0.1, 0.15) is 17.2 Å². The number of rotatable bonds is 4. The molecule has 1 aliphatic heterocycles. The molecule has 4 rings (SSSR count). The summed E-state index contributed by atoms with van der Waals surface area (Å²) in [6.45, 7) is 5.13. The van der Waals surface area contributed by atoms with Gasteiger partial charge in [0, 0.05) is 18.8 Å². The maximum absolute atomic E-state index is 13.4. The highest BCUT2D eigenvalue weighted by Crippen LogP contribution is 2.27. The van der Waals surface area contributed by atoms with E-state index in [1.54, 1.807) is 17.9 Å². The third kappa shape index (κ3) is 4.36. The van der Waals surface area contributed by atoms with Gasteiger partial charge < -0.3 is 10.2 Å². The normalized spacial score (nSPS) is 16.5. The fourth-order valence-corrected chi connectivity index (χ4v) is 4.94. The molecule has 31 heavy (non-hydrogen) atoms. The number of hydrogen-bond donors (Lipinski definition) is 1. The highest BCUT2D eigenvalue weighted by molar-refractivity contribution is 7.20. The van der Waals surface area contributed by atoms with E-state index in [4.69, 9.17) is 0 Å². The van der Waals surface area contributed by atoms with E-state index in [1.165, 1.54) is 29.1 Å². The van der Waals surface area contributed by atoms with Crippen LogP contribution in [-0.4, -0.2) is 39.4 Å². The summed E-state index contributed by atoms with van der Waals surface area (Å²) >= 11 is 1.10. The molecule has 0 spiro atoms. The number of aromatic nitrogens is 2. The third-order valence-electron chi connectivity index (χ3n) is 5.52. The molecule has 3 aromatic rings. The number of benzene rings is 1. The van der Waals surface area contributed by atoms with Crippen LogP contribution in [0.3, 0.4) is 0 Å². The number of nitrogens with zero attached hydrogens (tertiary/aromatic N) is 3. The van der Waals surface area contributed by atoms with Crippen molar-refractivity contribution in [3.8, 4) is 0 Å². The highest BCUT2D eigenvalue weighted by atomic mass is 32.1. The van der Waals surface area contributed by atoms with E-state index in [9.17, 15) is 18.8 Å². The first-order chi connectivity index (χ1) is 14.8. The first kappa shape index (κ1) is 21.2. The van der Waals surface area contributed by atoms with Crippen molar-refractivity contribution in [2.75, 3.05) is 18.4 Å². The Hall–Kier alpha value is -3.07. The second-order valence-corrected chi connectivity index (χ2v) is 8.96. The van der Waals surface area contributed by atoms with E-state index >= 15 is 0 Å². The average Bonchev–Trinajstić information content (AvgIpc) is 3.07. The molecule has 9 heteroatoms. The summed E-state index contributed by atoms with van der Waals surface area (Å²) in [5.74, 6) is -0.543. The maximum atomic E-state index is 13.4. The van der Waals surface area contributed by atoms with E-state index in [2.05, 4.69) is 17.2 Å². The summed E-state index contributed by atoms with van der Waals surface area (Å²) in [4.78, 5) is 45.3. The van der Waals surface area contributed by atoms with Crippen molar-refractivity contribution in [3.63, 3.8) is 0 Å². The Balaban J connectivity index is 1.59. The highest BCUT2D eigenvalue weighted by Gasteiger charge is 2.23. The van der Waals surface area contributed by atoms with Crippen molar-refractivity contribution in [1.82, 2.24) is 14.5 Å². The minimum absolute atomic E-state index is 0.0748. The van der Waals surface area contributed by atoms with E-state index < -0.39 is 11.7 Å². The summed E-state index contributed by atoms with van der Waals surface area (Å²) in [6, 6.07) is 5.60. The number of fused-ring (bicyclic) bond motifs is 1. The number of carbonyl (C=O) groups excluding carboxylic acids is 2. The lowest BCUT2D eigenvalue weighted by molar-refractivity contribution is -0.133. The van der Waals surface area contributed by atoms with E-state index in [-0.39, 0.29) is 18.0 Å². The first-order valence-electron chi connectivity index (χ1n) is 10.2. The van der Waals surface area contributed by atoms with Gasteiger partial charge in [-0.05, 0) is 49.4 Å². The first-order valence-corrected chi connectivity index (χ1v) is 11.0. The molecule has 2 amide bonds. The molecular formula is C22H23FN4O3S. The lowest BCUT2D eigenvalue weighted by atomic mass is 10.0. The number of hydrogen-bond acceptors (Lipinski definition) is 5. The van der Waals surface area contributed by atoms with Crippen LogP contribution >= 0.6 is 11.3 Å². The standard InChI is InChI=1S/C22H23FN4O3S/c1-13-5-4-8-26(10-13)17(28)11-27-12-24-21-18(22(27)30)14(2)19(31-21)20(29)25-16-7-3-6-15(23)9-16/h3,6-7,9,12-13H,4-5,8,10-11H2,1-2H3,(H,25,29). The SMILES string of the molecule is Cc1c(C(=O)Nc2cccc(F)c2)sc2ncn(CC(=O)N3CCCC(C)C3)c(=O)c12. The monoisotopic (exact) mass is 442 g/mol. The van der Waals surface area contributed by atoms with Gasteiger partial charge in [0.2, 0.25) is 5.91 Å². The van der Waals surface area contributed by atoms with Gasteiger partial charge in [0.25, 0.3) is 11.5 Å². The predicted octanol–water partition coefficient (Wildman–Crippen LogP) is 3.42. The fraction of sp³-hybridized carbons (Fsp3) is 0.364. The molecule has 162 valence electrons. The molecule has 0 bridgehead atoms. The van der Waals surface area contributed by atoms with E-state index in [0.29, 0.717) is 45.4 Å². The molecule has 3 heterocycles.